The van der Waals surface area contributed by atoms with Gasteiger partial charge in [0.1, 0.15) is 0 Å². The van der Waals surface area contributed by atoms with Crippen molar-refractivity contribution in [3.8, 4) is 0 Å². The summed E-state index contributed by atoms with van der Waals surface area (Å²) in [4.78, 5) is 2.80. The van der Waals surface area contributed by atoms with Crippen LogP contribution in [0.15, 0.2) is 35.4 Å². The Labute approximate surface area is 77.0 Å². The largest absolute Gasteiger partial charge is 0.329 e. The quantitative estimate of drug-likeness (QED) is 0.427. The lowest BCUT2D eigenvalue weighted by Crippen LogP contribution is -2.28. The third kappa shape index (κ3) is 1.99. The second kappa shape index (κ2) is 3.94. The summed E-state index contributed by atoms with van der Waals surface area (Å²) in [7, 11) is 0. The highest BCUT2D eigenvalue weighted by atomic mass is 15.2. The first kappa shape index (κ1) is 9.58. The van der Waals surface area contributed by atoms with Crippen LogP contribution in [0.4, 0.5) is 0 Å². The second-order valence-corrected chi connectivity index (χ2v) is 3.03. The standard InChI is InChI=1S/C9H12N4/c1-9(7-10,12-13-11)8-5-3-2-4-6-8/h2-6H,7,10H2,1H3. The predicted molar refractivity (Wildman–Crippen MR) is 52.0 cm³/mol. The molecule has 1 atom stereocenters. The Morgan fingerprint density at radius 2 is 2.08 bits per heavy atom. The van der Waals surface area contributed by atoms with Crippen molar-refractivity contribution >= 4 is 0 Å². The minimum absolute atomic E-state index is 0.307. The van der Waals surface area contributed by atoms with E-state index in [0.717, 1.165) is 5.56 Å². The summed E-state index contributed by atoms with van der Waals surface area (Å²) in [6, 6.07) is 9.52. The molecule has 2 N–H and O–H groups in total. The Morgan fingerprint density at radius 3 is 2.54 bits per heavy atom. The van der Waals surface area contributed by atoms with Crippen molar-refractivity contribution in [1.82, 2.24) is 0 Å². The summed E-state index contributed by atoms with van der Waals surface area (Å²) in [6.07, 6.45) is 0. The zero-order valence-electron chi connectivity index (χ0n) is 7.51. The first-order valence-corrected chi connectivity index (χ1v) is 4.05. The van der Waals surface area contributed by atoms with Crippen LogP contribution in [0.25, 0.3) is 10.4 Å². The zero-order valence-corrected chi connectivity index (χ0v) is 7.51. The minimum Gasteiger partial charge on any atom is -0.329 e. The summed E-state index contributed by atoms with van der Waals surface area (Å²) in [5, 5.41) is 3.70. The van der Waals surface area contributed by atoms with Crippen LogP contribution in [-0.4, -0.2) is 6.54 Å². The van der Waals surface area contributed by atoms with Gasteiger partial charge in [0.2, 0.25) is 0 Å². The van der Waals surface area contributed by atoms with Gasteiger partial charge in [0.15, 0.2) is 0 Å². The molecule has 13 heavy (non-hydrogen) atoms. The third-order valence-corrected chi connectivity index (χ3v) is 2.06. The number of nitrogens with zero attached hydrogens (tertiary/aromatic N) is 3. The van der Waals surface area contributed by atoms with Crippen LogP contribution >= 0.6 is 0 Å². The molecule has 0 aliphatic carbocycles. The molecule has 0 radical (unpaired) electrons. The molecule has 0 fully saturated rings. The molecule has 0 spiro atoms. The van der Waals surface area contributed by atoms with Crippen molar-refractivity contribution in [3.63, 3.8) is 0 Å². The van der Waals surface area contributed by atoms with Gasteiger partial charge in [-0.05, 0) is 18.0 Å². The lowest BCUT2D eigenvalue weighted by Gasteiger charge is -2.21. The Bertz CT molecular complexity index is 316. The number of azide groups is 1. The molecule has 0 saturated carbocycles. The van der Waals surface area contributed by atoms with E-state index in [1.165, 1.54) is 0 Å². The third-order valence-electron chi connectivity index (χ3n) is 2.06. The van der Waals surface area contributed by atoms with E-state index in [-0.39, 0.29) is 0 Å². The van der Waals surface area contributed by atoms with Gasteiger partial charge < -0.3 is 5.73 Å². The average Bonchev–Trinajstić information content (AvgIpc) is 2.19. The van der Waals surface area contributed by atoms with Crippen molar-refractivity contribution in [3.05, 3.63) is 46.3 Å². The van der Waals surface area contributed by atoms with Crippen molar-refractivity contribution in [2.24, 2.45) is 10.8 Å². The molecule has 4 heteroatoms. The fourth-order valence-corrected chi connectivity index (χ4v) is 1.11. The fraction of sp³-hybridized carbons (Fsp3) is 0.333. The lowest BCUT2D eigenvalue weighted by molar-refractivity contribution is 0.505. The van der Waals surface area contributed by atoms with Gasteiger partial charge >= 0.3 is 0 Å². The summed E-state index contributed by atoms with van der Waals surface area (Å²) < 4.78 is 0. The molecule has 0 aliphatic heterocycles. The maximum Gasteiger partial charge on any atom is 0.0831 e. The summed E-state index contributed by atoms with van der Waals surface area (Å²) in [5.41, 5.74) is 14.3. The van der Waals surface area contributed by atoms with E-state index in [0.29, 0.717) is 6.54 Å². The molecule has 0 aromatic heterocycles. The first-order valence-electron chi connectivity index (χ1n) is 4.05. The van der Waals surface area contributed by atoms with Gasteiger partial charge in [0, 0.05) is 11.5 Å². The van der Waals surface area contributed by atoms with Gasteiger partial charge in [0.05, 0.1) is 5.54 Å². The average molecular weight is 176 g/mol. The number of rotatable bonds is 3. The van der Waals surface area contributed by atoms with Gasteiger partial charge in [-0.3, -0.25) is 0 Å². The molecule has 0 aliphatic rings. The van der Waals surface area contributed by atoms with E-state index in [4.69, 9.17) is 11.3 Å². The van der Waals surface area contributed by atoms with Crippen LogP contribution in [0.1, 0.15) is 12.5 Å². The van der Waals surface area contributed by atoms with Crippen LogP contribution in [0.5, 0.6) is 0 Å². The monoisotopic (exact) mass is 176 g/mol. The summed E-state index contributed by atoms with van der Waals surface area (Å²) >= 11 is 0. The van der Waals surface area contributed by atoms with E-state index in [9.17, 15) is 0 Å². The molecule has 0 amide bonds. The molecule has 1 rings (SSSR count). The second-order valence-electron chi connectivity index (χ2n) is 3.03. The van der Waals surface area contributed by atoms with Crippen LogP contribution in [-0.2, 0) is 5.54 Å². The molecule has 68 valence electrons. The number of nitrogens with two attached hydrogens (primary N) is 1. The molecule has 1 aromatic rings. The Kier molecular flexibility index (Phi) is 2.90. The molecular formula is C9H12N4. The molecular weight excluding hydrogens is 164 g/mol. The van der Waals surface area contributed by atoms with Gasteiger partial charge in [-0.1, -0.05) is 35.4 Å². The maximum absolute atomic E-state index is 8.40. The molecule has 4 nitrogen and oxygen atoms in total. The number of hydrogen-bond donors (Lipinski definition) is 1. The molecule has 0 heterocycles. The highest BCUT2D eigenvalue weighted by Gasteiger charge is 2.22. The van der Waals surface area contributed by atoms with Gasteiger partial charge in [-0.15, -0.1) is 0 Å². The predicted octanol–water partition coefficient (Wildman–Crippen LogP) is 2.17. The van der Waals surface area contributed by atoms with Crippen LogP contribution in [0.2, 0.25) is 0 Å². The summed E-state index contributed by atoms with van der Waals surface area (Å²) in [6.45, 7) is 2.13. The Balaban J connectivity index is 3.10. The van der Waals surface area contributed by atoms with Crippen LogP contribution in [0, 0.1) is 0 Å². The summed E-state index contributed by atoms with van der Waals surface area (Å²) in [5.74, 6) is 0. The maximum atomic E-state index is 8.40. The lowest BCUT2D eigenvalue weighted by atomic mass is 9.93. The molecule has 0 bridgehead atoms. The Hall–Kier alpha value is -1.51. The first-order chi connectivity index (χ1) is 6.23. The van der Waals surface area contributed by atoms with Crippen molar-refractivity contribution in [2.75, 3.05) is 6.54 Å². The molecule has 1 unspecified atom stereocenters. The van der Waals surface area contributed by atoms with Crippen molar-refractivity contribution in [1.29, 1.82) is 0 Å². The van der Waals surface area contributed by atoms with Crippen LogP contribution < -0.4 is 5.73 Å². The minimum atomic E-state index is -0.629. The highest BCUT2D eigenvalue weighted by molar-refractivity contribution is 5.24. The molecule has 0 saturated heterocycles. The molecule has 1 aromatic carbocycles. The number of benzene rings is 1. The van der Waals surface area contributed by atoms with Crippen LogP contribution in [0.3, 0.4) is 0 Å². The highest BCUT2D eigenvalue weighted by Crippen LogP contribution is 2.23. The Morgan fingerprint density at radius 1 is 1.46 bits per heavy atom. The zero-order chi connectivity index (χ0) is 9.73. The van der Waals surface area contributed by atoms with Crippen molar-refractivity contribution < 1.29 is 0 Å². The van der Waals surface area contributed by atoms with Gasteiger partial charge in [-0.2, -0.15) is 0 Å². The van der Waals surface area contributed by atoms with E-state index < -0.39 is 5.54 Å². The topological polar surface area (TPSA) is 74.8 Å². The van der Waals surface area contributed by atoms with E-state index in [1.54, 1.807) is 0 Å². The number of hydrogen-bond acceptors (Lipinski definition) is 2. The normalized spacial score (nSPS) is 14.3. The van der Waals surface area contributed by atoms with E-state index in [2.05, 4.69) is 10.0 Å². The SMILES string of the molecule is CC(CN)(N=[N+]=[N-])c1ccccc1. The fourth-order valence-electron chi connectivity index (χ4n) is 1.11. The van der Waals surface area contributed by atoms with Gasteiger partial charge in [-0.25, -0.2) is 0 Å². The van der Waals surface area contributed by atoms with E-state index in [1.807, 2.05) is 37.3 Å². The van der Waals surface area contributed by atoms with E-state index >= 15 is 0 Å². The van der Waals surface area contributed by atoms with Gasteiger partial charge in [0.25, 0.3) is 0 Å². The van der Waals surface area contributed by atoms with Crippen molar-refractivity contribution in [2.45, 2.75) is 12.5 Å². The smallest absolute Gasteiger partial charge is 0.0831 e.